The predicted octanol–water partition coefficient (Wildman–Crippen LogP) is 4.66. The second-order valence-corrected chi connectivity index (χ2v) is 11.4. The molecule has 2 aromatic carbocycles. The molecule has 7 nitrogen and oxygen atoms in total. The van der Waals surface area contributed by atoms with E-state index in [4.69, 9.17) is 34.8 Å². The highest BCUT2D eigenvalue weighted by Crippen LogP contribution is 2.29. The Labute approximate surface area is 216 Å². The molecular weight excluding hydrogens is 521 g/mol. The fourth-order valence-electron chi connectivity index (χ4n) is 3.28. The normalized spacial score (nSPS) is 12.4. The van der Waals surface area contributed by atoms with Crippen molar-refractivity contribution in [3.05, 3.63) is 62.6 Å². The molecule has 1 atom stereocenters. The number of hydrogen-bond acceptors (Lipinski definition) is 4. The van der Waals surface area contributed by atoms with Crippen molar-refractivity contribution >= 4 is 62.3 Å². The molecule has 2 amide bonds. The van der Waals surface area contributed by atoms with E-state index in [0.29, 0.717) is 26.2 Å². The first kappa shape index (κ1) is 28.2. The molecule has 2 aromatic rings. The molecule has 0 saturated carbocycles. The second kappa shape index (κ2) is 11.6. The molecule has 0 fully saturated rings. The van der Waals surface area contributed by atoms with E-state index in [0.717, 1.165) is 10.6 Å². The van der Waals surface area contributed by atoms with Gasteiger partial charge in [-0.1, -0.05) is 46.9 Å². The molecule has 0 bridgehead atoms. The fraction of sp³-hybridized carbons (Fsp3) is 0.391. The molecule has 0 unspecified atom stereocenters. The summed E-state index contributed by atoms with van der Waals surface area (Å²) in [7, 11) is -3.85. The third-order valence-corrected chi connectivity index (χ3v) is 7.40. The Morgan fingerprint density at radius 2 is 1.65 bits per heavy atom. The number of hydrogen-bond donors (Lipinski definition) is 1. The zero-order valence-corrected chi connectivity index (χ0v) is 22.7. The topological polar surface area (TPSA) is 86.8 Å². The van der Waals surface area contributed by atoms with Gasteiger partial charge in [0, 0.05) is 17.6 Å². The maximum absolute atomic E-state index is 13.5. The zero-order chi connectivity index (χ0) is 25.8. The molecule has 0 aliphatic carbocycles. The molecule has 34 heavy (non-hydrogen) atoms. The van der Waals surface area contributed by atoms with Crippen molar-refractivity contribution in [1.29, 1.82) is 0 Å². The van der Waals surface area contributed by atoms with Crippen LogP contribution in [0, 0.1) is 6.92 Å². The summed E-state index contributed by atoms with van der Waals surface area (Å²) in [6.45, 7) is 6.39. The van der Waals surface area contributed by atoms with E-state index in [1.807, 2.05) is 13.8 Å². The molecule has 0 radical (unpaired) electrons. The fourth-order valence-corrected chi connectivity index (χ4v) is 4.67. The summed E-state index contributed by atoms with van der Waals surface area (Å²) in [6, 6.07) is 8.69. The first-order valence-electron chi connectivity index (χ1n) is 10.5. The lowest BCUT2D eigenvalue weighted by atomic mass is 10.1. The number of carbonyl (C=O) groups is 2. The van der Waals surface area contributed by atoms with Crippen molar-refractivity contribution in [3.63, 3.8) is 0 Å². The SMILES string of the molecule is Cc1c(Cl)cccc1N(CC(=O)N(Cc1ccc(Cl)c(Cl)c1)[C@H](C)C(=O)NC(C)C)S(C)(=O)=O. The van der Waals surface area contributed by atoms with Crippen LogP contribution < -0.4 is 9.62 Å². The van der Waals surface area contributed by atoms with Gasteiger partial charge in [-0.3, -0.25) is 13.9 Å². The number of halogens is 3. The van der Waals surface area contributed by atoms with Gasteiger partial charge in [-0.25, -0.2) is 8.42 Å². The van der Waals surface area contributed by atoms with Crippen molar-refractivity contribution < 1.29 is 18.0 Å². The van der Waals surface area contributed by atoms with E-state index in [1.165, 1.54) is 4.90 Å². The van der Waals surface area contributed by atoms with Gasteiger partial charge in [-0.2, -0.15) is 0 Å². The summed E-state index contributed by atoms with van der Waals surface area (Å²) >= 11 is 18.3. The van der Waals surface area contributed by atoms with Crippen molar-refractivity contribution in [1.82, 2.24) is 10.2 Å². The van der Waals surface area contributed by atoms with Gasteiger partial charge in [0.25, 0.3) is 0 Å². The van der Waals surface area contributed by atoms with Crippen LogP contribution in [0.5, 0.6) is 0 Å². The van der Waals surface area contributed by atoms with Gasteiger partial charge in [-0.15, -0.1) is 0 Å². The number of nitrogens with one attached hydrogen (secondary N) is 1. The molecule has 0 saturated heterocycles. The summed E-state index contributed by atoms with van der Waals surface area (Å²) in [5.74, 6) is -0.935. The Bertz CT molecular complexity index is 1170. The molecule has 11 heteroatoms. The van der Waals surface area contributed by atoms with Crippen LogP contribution in [0.1, 0.15) is 31.9 Å². The van der Waals surface area contributed by atoms with E-state index >= 15 is 0 Å². The van der Waals surface area contributed by atoms with Crippen LogP contribution in [0.3, 0.4) is 0 Å². The van der Waals surface area contributed by atoms with Crippen LogP contribution in [-0.2, 0) is 26.2 Å². The predicted molar refractivity (Wildman–Crippen MR) is 138 cm³/mol. The first-order chi connectivity index (χ1) is 15.7. The molecule has 2 rings (SSSR count). The van der Waals surface area contributed by atoms with E-state index in [1.54, 1.807) is 50.2 Å². The monoisotopic (exact) mass is 547 g/mol. The van der Waals surface area contributed by atoms with E-state index in [9.17, 15) is 18.0 Å². The van der Waals surface area contributed by atoms with Crippen LogP contribution in [-0.4, -0.2) is 50.0 Å². The van der Waals surface area contributed by atoms with E-state index in [2.05, 4.69) is 5.32 Å². The van der Waals surface area contributed by atoms with Gasteiger partial charge in [0.15, 0.2) is 0 Å². The quantitative estimate of drug-likeness (QED) is 0.494. The number of sulfonamides is 1. The minimum absolute atomic E-state index is 0.0224. The van der Waals surface area contributed by atoms with Gasteiger partial charge in [-0.05, 0) is 63.1 Å². The summed E-state index contributed by atoms with van der Waals surface area (Å²) in [6.07, 6.45) is 1.01. The van der Waals surface area contributed by atoms with Crippen LogP contribution >= 0.6 is 34.8 Å². The molecule has 1 N–H and O–H groups in total. The Kier molecular flexibility index (Phi) is 9.65. The summed E-state index contributed by atoms with van der Waals surface area (Å²) in [4.78, 5) is 27.6. The highest BCUT2D eigenvalue weighted by molar-refractivity contribution is 7.92. The van der Waals surface area contributed by atoms with Crippen molar-refractivity contribution in [3.8, 4) is 0 Å². The van der Waals surface area contributed by atoms with Gasteiger partial charge in [0.2, 0.25) is 21.8 Å². The lowest BCUT2D eigenvalue weighted by molar-refractivity contribution is -0.139. The number of benzene rings is 2. The van der Waals surface area contributed by atoms with Gasteiger partial charge < -0.3 is 10.2 Å². The molecule has 186 valence electrons. The lowest BCUT2D eigenvalue weighted by Gasteiger charge is -2.32. The lowest BCUT2D eigenvalue weighted by Crippen LogP contribution is -2.52. The summed E-state index contributed by atoms with van der Waals surface area (Å²) in [5.41, 5.74) is 1.44. The van der Waals surface area contributed by atoms with Gasteiger partial charge in [0.1, 0.15) is 12.6 Å². The smallest absolute Gasteiger partial charge is 0.244 e. The van der Waals surface area contributed by atoms with Crippen molar-refractivity contribution in [2.24, 2.45) is 0 Å². The second-order valence-electron chi connectivity index (χ2n) is 8.26. The molecule has 0 spiro atoms. The Morgan fingerprint density at radius 3 is 2.21 bits per heavy atom. The first-order valence-corrected chi connectivity index (χ1v) is 13.5. The highest BCUT2D eigenvalue weighted by Gasteiger charge is 2.31. The molecular formula is C23H28Cl3N3O4S. The Balaban J connectivity index is 2.46. The minimum atomic E-state index is -3.85. The summed E-state index contributed by atoms with van der Waals surface area (Å²) < 4.78 is 26.3. The largest absolute Gasteiger partial charge is 0.352 e. The number of anilines is 1. The molecule has 0 aliphatic rings. The maximum Gasteiger partial charge on any atom is 0.244 e. The van der Waals surface area contributed by atoms with Crippen LogP contribution in [0.4, 0.5) is 5.69 Å². The van der Waals surface area contributed by atoms with Gasteiger partial charge in [0.05, 0.1) is 22.0 Å². The average molecular weight is 549 g/mol. The van der Waals surface area contributed by atoms with Crippen molar-refractivity contribution in [2.75, 3.05) is 17.1 Å². The molecule has 0 heterocycles. The number of rotatable bonds is 9. The van der Waals surface area contributed by atoms with Crippen molar-refractivity contribution in [2.45, 2.75) is 46.3 Å². The minimum Gasteiger partial charge on any atom is -0.352 e. The molecule has 0 aliphatic heterocycles. The number of carbonyl (C=O) groups excluding carboxylic acids is 2. The van der Waals surface area contributed by atoms with Gasteiger partial charge >= 0.3 is 0 Å². The van der Waals surface area contributed by atoms with Crippen LogP contribution in [0.2, 0.25) is 15.1 Å². The highest BCUT2D eigenvalue weighted by atomic mass is 35.5. The average Bonchev–Trinajstić information content (AvgIpc) is 2.73. The third-order valence-electron chi connectivity index (χ3n) is 5.12. The number of amides is 2. The van der Waals surface area contributed by atoms with E-state index < -0.39 is 28.5 Å². The van der Waals surface area contributed by atoms with Crippen LogP contribution in [0.25, 0.3) is 0 Å². The Morgan fingerprint density at radius 1 is 1.00 bits per heavy atom. The zero-order valence-electron chi connectivity index (χ0n) is 19.6. The summed E-state index contributed by atoms with van der Waals surface area (Å²) in [5, 5.41) is 3.82. The maximum atomic E-state index is 13.5. The number of nitrogens with zero attached hydrogens (tertiary/aromatic N) is 2. The van der Waals surface area contributed by atoms with E-state index in [-0.39, 0.29) is 24.2 Å². The standard InChI is InChI=1S/C23H28Cl3N3O4S/c1-14(2)27-23(31)16(4)28(12-17-9-10-19(25)20(26)11-17)22(30)13-29(34(5,32)33)21-8-6-7-18(24)15(21)3/h6-11,14,16H,12-13H2,1-5H3,(H,27,31)/t16-/m1/s1. The Hall–Kier alpha value is -2.00. The third kappa shape index (κ3) is 7.25. The van der Waals surface area contributed by atoms with Crippen LogP contribution in [0.15, 0.2) is 36.4 Å². The molecule has 0 aromatic heterocycles.